The molecule has 0 spiro atoms. The van der Waals surface area contributed by atoms with Crippen LogP contribution in [0.15, 0.2) is 24.3 Å². The van der Waals surface area contributed by atoms with Crippen LogP contribution >= 0.6 is 0 Å². The molecule has 2 aliphatic rings. The van der Waals surface area contributed by atoms with E-state index in [0.29, 0.717) is 25.2 Å². The van der Waals surface area contributed by atoms with E-state index in [1.54, 1.807) is 6.07 Å². The largest absolute Gasteiger partial charge is 0.416 e. The normalized spacial score (nSPS) is 27.3. The van der Waals surface area contributed by atoms with Crippen molar-refractivity contribution in [2.45, 2.75) is 31.0 Å². The van der Waals surface area contributed by atoms with E-state index in [0.717, 1.165) is 18.6 Å². The summed E-state index contributed by atoms with van der Waals surface area (Å²) in [6, 6.07) is 6.57. The lowest BCUT2D eigenvalue weighted by Gasteiger charge is -2.16. The smallest absolute Gasteiger partial charge is 0.381 e. The Morgan fingerprint density at radius 3 is 2.83 bits per heavy atom. The first-order valence-corrected chi connectivity index (χ1v) is 7.85. The molecule has 7 heteroatoms. The Bertz CT molecular complexity index is 663. The maximum atomic E-state index is 12.8. The molecule has 1 heterocycles. The van der Waals surface area contributed by atoms with E-state index in [2.05, 4.69) is 11.4 Å². The zero-order chi connectivity index (χ0) is 17.3. The number of carbonyl (C=O) groups excluding carboxylic acids is 1. The van der Waals surface area contributed by atoms with Crippen LogP contribution in [0.4, 0.5) is 13.2 Å². The molecule has 0 unspecified atom stereocenters. The number of carbonyl (C=O) groups is 1. The van der Waals surface area contributed by atoms with Crippen LogP contribution in [0.3, 0.4) is 0 Å². The Balaban J connectivity index is 1.62. The Morgan fingerprint density at radius 1 is 1.42 bits per heavy atom. The minimum Gasteiger partial charge on any atom is -0.381 e. The molecule has 1 saturated carbocycles. The average molecular weight is 338 g/mol. The van der Waals surface area contributed by atoms with Crippen molar-refractivity contribution in [1.82, 2.24) is 5.32 Å². The molecule has 1 amide bonds. The summed E-state index contributed by atoms with van der Waals surface area (Å²) in [5.41, 5.74) is -0.188. The topological polar surface area (TPSA) is 62.1 Å². The first-order valence-electron chi connectivity index (χ1n) is 7.85. The number of hydrogen-bond acceptors (Lipinski definition) is 3. The molecule has 1 aromatic rings. The van der Waals surface area contributed by atoms with E-state index in [1.807, 2.05) is 0 Å². The van der Waals surface area contributed by atoms with Crippen molar-refractivity contribution in [3.8, 4) is 6.07 Å². The van der Waals surface area contributed by atoms with Gasteiger partial charge in [0.2, 0.25) is 5.91 Å². The molecule has 1 aliphatic heterocycles. The second kappa shape index (κ2) is 6.44. The Kier molecular flexibility index (Phi) is 4.50. The fraction of sp³-hybridized carbons (Fsp3) is 0.529. The Morgan fingerprint density at radius 2 is 2.21 bits per heavy atom. The predicted molar refractivity (Wildman–Crippen MR) is 78.8 cm³/mol. The molecule has 2 fully saturated rings. The van der Waals surface area contributed by atoms with Crippen molar-refractivity contribution in [3.05, 3.63) is 35.4 Å². The highest BCUT2D eigenvalue weighted by Crippen LogP contribution is 2.48. The molecule has 3 rings (SSSR count). The summed E-state index contributed by atoms with van der Waals surface area (Å²) >= 11 is 0. The molecular weight excluding hydrogens is 321 g/mol. The number of amides is 1. The number of nitriles is 1. The van der Waals surface area contributed by atoms with Crippen LogP contribution in [0.25, 0.3) is 0 Å². The van der Waals surface area contributed by atoms with Crippen LogP contribution in [0, 0.1) is 23.2 Å². The number of alkyl halides is 3. The third-order valence-electron chi connectivity index (χ3n) is 4.64. The van der Waals surface area contributed by atoms with Crippen LogP contribution in [0.5, 0.6) is 0 Å². The van der Waals surface area contributed by atoms with Gasteiger partial charge in [-0.2, -0.15) is 18.4 Å². The second-order valence-electron chi connectivity index (χ2n) is 6.31. The van der Waals surface area contributed by atoms with Gasteiger partial charge in [-0.05, 0) is 30.4 Å². The number of benzene rings is 1. The lowest BCUT2D eigenvalue weighted by Crippen LogP contribution is -2.40. The lowest BCUT2D eigenvalue weighted by atomic mass is 10.00. The first-order chi connectivity index (χ1) is 11.4. The van der Waals surface area contributed by atoms with Crippen LogP contribution in [0.1, 0.15) is 29.9 Å². The predicted octanol–water partition coefficient (Wildman–Crippen LogP) is 2.85. The van der Waals surface area contributed by atoms with Gasteiger partial charge in [0.05, 0.1) is 18.2 Å². The zero-order valence-corrected chi connectivity index (χ0v) is 12.8. The van der Waals surface area contributed by atoms with Gasteiger partial charge in [-0.3, -0.25) is 4.79 Å². The average Bonchev–Trinajstić information content (AvgIpc) is 3.18. The number of nitrogens with one attached hydrogen (secondary N) is 1. The summed E-state index contributed by atoms with van der Waals surface area (Å²) in [5.74, 6) is -0.876. The van der Waals surface area contributed by atoms with Gasteiger partial charge >= 0.3 is 6.18 Å². The van der Waals surface area contributed by atoms with Crippen molar-refractivity contribution in [2.24, 2.45) is 11.8 Å². The molecule has 4 nitrogen and oxygen atoms in total. The minimum absolute atomic E-state index is 0.0234. The third-order valence-corrected chi connectivity index (χ3v) is 4.64. The maximum absolute atomic E-state index is 12.8. The number of nitrogens with zero attached hydrogens (tertiary/aromatic N) is 1. The van der Waals surface area contributed by atoms with Crippen molar-refractivity contribution in [3.63, 3.8) is 0 Å². The van der Waals surface area contributed by atoms with Gasteiger partial charge in [0, 0.05) is 18.4 Å². The molecule has 128 valence electrons. The SMILES string of the molecule is N#C[C@H](NC(=O)[C@@H]1C[C@H]1c1cccc(C(F)(F)F)c1)[C@H]1CCOC1. The summed E-state index contributed by atoms with van der Waals surface area (Å²) in [4.78, 5) is 12.3. The fourth-order valence-corrected chi connectivity index (χ4v) is 3.13. The quantitative estimate of drug-likeness (QED) is 0.918. The number of rotatable bonds is 4. The van der Waals surface area contributed by atoms with E-state index >= 15 is 0 Å². The first kappa shape index (κ1) is 16.8. The molecule has 1 N–H and O–H groups in total. The highest BCUT2D eigenvalue weighted by molar-refractivity contribution is 5.83. The second-order valence-corrected chi connectivity index (χ2v) is 6.31. The van der Waals surface area contributed by atoms with Gasteiger partial charge in [-0.25, -0.2) is 0 Å². The summed E-state index contributed by atoms with van der Waals surface area (Å²) < 4.78 is 43.5. The van der Waals surface area contributed by atoms with Gasteiger partial charge in [0.25, 0.3) is 0 Å². The highest BCUT2D eigenvalue weighted by atomic mass is 19.4. The van der Waals surface area contributed by atoms with Crippen LogP contribution in [-0.2, 0) is 15.7 Å². The number of ether oxygens (including phenoxy) is 1. The molecular formula is C17H17F3N2O2. The van der Waals surface area contributed by atoms with Gasteiger partial charge in [0.1, 0.15) is 6.04 Å². The van der Waals surface area contributed by atoms with Crippen LogP contribution in [0.2, 0.25) is 0 Å². The van der Waals surface area contributed by atoms with E-state index < -0.39 is 17.8 Å². The van der Waals surface area contributed by atoms with E-state index in [9.17, 15) is 23.2 Å². The number of hydrogen-bond donors (Lipinski definition) is 1. The van der Waals surface area contributed by atoms with Crippen molar-refractivity contribution < 1.29 is 22.7 Å². The molecule has 1 aliphatic carbocycles. The third kappa shape index (κ3) is 3.54. The molecule has 1 saturated heterocycles. The van der Waals surface area contributed by atoms with Gasteiger partial charge in [-0.15, -0.1) is 0 Å². The van der Waals surface area contributed by atoms with E-state index in [-0.39, 0.29) is 23.7 Å². The fourth-order valence-electron chi connectivity index (χ4n) is 3.13. The van der Waals surface area contributed by atoms with Gasteiger partial charge in [-0.1, -0.05) is 18.2 Å². The monoisotopic (exact) mass is 338 g/mol. The Hall–Kier alpha value is -2.07. The minimum atomic E-state index is -4.39. The van der Waals surface area contributed by atoms with Crippen LogP contribution in [-0.4, -0.2) is 25.2 Å². The molecule has 0 aromatic heterocycles. The molecule has 0 radical (unpaired) electrons. The number of halogens is 3. The van der Waals surface area contributed by atoms with E-state index in [1.165, 1.54) is 6.07 Å². The zero-order valence-electron chi connectivity index (χ0n) is 12.8. The van der Waals surface area contributed by atoms with Crippen molar-refractivity contribution >= 4 is 5.91 Å². The van der Waals surface area contributed by atoms with Crippen LogP contribution < -0.4 is 5.32 Å². The van der Waals surface area contributed by atoms with Crippen molar-refractivity contribution in [1.29, 1.82) is 5.26 Å². The van der Waals surface area contributed by atoms with Gasteiger partial charge < -0.3 is 10.1 Å². The summed E-state index contributed by atoms with van der Waals surface area (Å²) in [6.07, 6.45) is -3.16. The maximum Gasteiger partial charge on any atom is 0.416 e. The summed E-state index contributed by atoms with van der Waals surface area (Å²) in [5, 5.41) is 11.9. The van der Waals surface area contributed by atoms with E-state index in [4.69, 9.17) is 4.74 Å². The highest BCUT2D eigenvalue weighted by Gasteiger charge is 2.45. The molecule has 4 atom stereocenters. The standard InChI is InChI=1S/C17H17F3N2O2/c18-17(19,20)12-3-1-2-10(6-12)13-7-14(13)16(23)22-15(8-21)11-4-5-24-9-11/h1-3,6,11,13-15H,4-5,7,9H2,(H,22,23)/t11-,13-,14+,15-/m0/s1. The summed E-state index contributed by atoms with van der Waals surface area (Å²) in [7, 11) is 0. The van der Waals surface area contributed by atoms with Crippen molar-refractivity contribution in [2.75, 3.05) is 13.2 Å². The molecule has 1 aromatic carbocycles. The summed E-state index contributed by atoms with van der Waals surface area (Å²) in [6.45, 7) is 1.02. The Labute approximate surface area is 137 Å². The van der Waals surface area contributed by atoms with Gasteiger partial charge in [0.15, 0.2) is 0 Å². The lowest BCUT2D eigenvalue weighted by molar-refractivity contribution is -0.137. The molecule has 0 bridgehead atoms. The molecule has 24 heavy (non-hydrogen) atoms.